The fourth-order valence-electron chi connectivity index (χ4n) is 3.93. The Balaban J connectivity index is 0.00000480. The summed E-state index contributed by atoms with van der Waals surface area (Å²) in [6, 6.07) is 13.2. The van der Waals surface area contributed by atoms with E-state index in [1.54, 1.807) is 0 Å². The fourth-order valence-corrected chi connectivity index (χ4v) is 3.93. The van der Waals surface area contributed by atoms with Crippen molar-refractivity contribution < 1.29 is 16.5 Å². The van der Waals surface area contributed by atoms with Gasteiger partial charge in [0.1, 0.15) is 0 Å². The van der Waals surface area contributed by atoms with Gasteiger partial charge in [0.2, 0.25) is 0 Å². The van der Waals surface area contributed by atoms with Crippen LogP contribution >= 0.6 is 0 Å². The van der Waals surface area contributed by atoms with Gasteiger partial charge in [-0.15, -0.1) is 0 Å². The molecule has 3 heteroatoms. The van der Waals surface area contributed by atoms with E-state index in [1.807, 2.05) is 0 Å². The summed E-state index contributed by atoms with van der Waals surface area (Å²) in [6.07, 6.45) is 9.27. The molecule has 2 nitrogen and oxygen atoms in total. The molecule has 31 heavy (non-hydrogen) atoms. The molecule has 0 radical (unpaired) electrons. The maximum atomic E-state index is 5.16. The van der Waals surface area contributed by atoms with Crippen molar-refractivity contribution in [3.63, 3.8) is 0 Å². The molecule has 0 amide bonds. The predicted octanol–water partition coefficient (Wildman–Crippen LogP) is 8.92. The molecule has 0 atom stereocenters. The first kappa shape index (κ1) is 27.3. The molecular formula is C28H40N2Ni. The second-order valence-electron chi connectivity index (χ2n) is 8.72. The van der Waals surface area contributed by atoms with Gasteiger partial charge in [-0.05, 0) is 99.9 Å². The normalized spacial score (nSPS) is 12.1. The van der Waals surface area contributed by atoms with Gasteiger partial charge in [0.15, 0.2) is 0 Å². The number of rotatable bonds is 11. The Kier molecular flexibility index (Phi) is 12.6. The molecule has 0 saturated heterocycles. The molecule has 0 bridgehead atoms. The molecule has 0 spiro atoms. The van der Waals surface area contributed by atoms with E-state index in [-0.39, 0.29) is 16.5 Å². The molecular weight excluding hydrogens is 423 g/mol. The summed E-state index contributed by atoms with van der Waals surface area (Å²) in [7, 11) is 0. The minimum Gasteiger partial charge on any atom is -0.252 e. The monoisotopic (exact) mass is 462 g/mol. The third-order valence-corrected chi connectivity index (χ3v) is 5.31. The summed E-state index contributed by atoms with van der Waals surface area (Å²) in [5.41, 5.74) is 9.50. The molecule has 0 aliphatic heterocycles. The van der Waals surface area contributed by atoms with Crippen LogP contribution in [0.5, 0.6) is 0 Å². The van der Waals surface area contributed by atoms with E-state index in [4.69, 9.17) is 9.98 Å². The third-order valence-electron chi connectivity index (χ3n) is 5.31. The minimum atomic E-state index is 0. The average Bonchev–Trinajstić information content (AvgIpc) is 2.66. The largest absolute Gasteiger partial charge is 0.252 e. The van der Waals surface area contributed by atoms with Gasteiger partial charge in [0, 0.05) is 16.5 Å². The van der Waals surface area contributed by atoms with E-state index in [0.29, 0.717) is 0 Å². The molecule has 0 heterocycles. The van der Waals surface area contributed by atoms with Crippen LogP contribution < -0.4 is 0 Å². The molecule has 0 aromatic heterocycles. The Hall–Kier alpha value is -1.73. The number of nitrogens with zero attached hydrogens (tertiary/aromatic N) is 2. The van der Waals surface area contributed by atoms with Crippen molar-refractivity contribution in [2.75, 3.05) is 0 Å². The second-order valence-corrected chi connectivity index (χ2v) is 8.72. The van der Waals surface area contributed by atoms with E-state index >= 15 is 0 Å². The van der Waals surface area contributed by atoms with Crippen LogP contribution in [0.15, 0.2) is 46.4 Å². The van der Waals surface area contributed by atoms with Crippen molar-refractivity contribution in [1.29, 1.82) is 0 Å². The van der Waals surface area contributed by atoms with Crippen LogP contribution in [-0.2, 0) is 16.5 Å². The first-order valence-electron chi connectivity index (χ1n) is 11.7. The molecule has 0 aliphatic rings. The fraction of sp³-hybridized carbons (Fsp3) is 0.500. The zero-order valence-electron chi connectivity index (χ0n) is 20.3. The Bertz CT molecular complexity index is 840. The first-order valence-corrected chi connectivity index (χ1v) is 11.7. The molecule has 172 valence electrons. The molecule has 2 aromatic rings. The van der Waals surface area contributed by atoms with Crippen LogP contribution in [0.4, 0.5) is 11.4 Å². The van der Waals surface area contributed by atoms with E-state index in [0.717, 1.165) is 36.3 Å². The summed E-state index contributed by atoms with van der Waals surface area (Å²) in [4.78, 5) is 10.3. The molecule has 0 saturated carbocycles. The standard InChI is InChI=1S/C28H40N2.Ni/c1-7-9-11-12-14-28(30-26-19-23(5)16-24(6)20-26)27(13-10-8-2)29-25-17-21(3)15-22(4)18-25;/h15-20H,7-14H2,1-6H3;. The Labute approximate surface area is 200 Å². The Morgan fingerprint density at radius 2 is 0.935 bits per heavy atom. The van der Waals surface area contributed by atoms with Crippen molar-refractivity contribution >= 4 is 22.8 Å². The Morgan fingerprint density at radius 3 is 1.32 bits per heavy atom. The smallest absolute Gasteiger partial charge is 0.0639 e. The SMILES string of the molecule is CCCCCCC(=Nc1cc(C)cc(C)c1)C(CCCC)=Nc1cc(C)cc(C)c1.[Ni]. The van der Waals surface area contributed by atoms with Crippen LogP contribution in [-0.4, -0.2) is 11.4 Å². The van der Waals surface area contributed by atoms with E-state index < -0.39 is 0 Å². The maximum absolute atomic E-state index is 5.16. The van der Waals surface area contributed by atoms with Gasteiger partial charge < -0.3 is 0 Å². The quantitative estimate of drug-likeness (QED) is 0.181. The number of aryl methyl sites for hydroxylation is 4. The van der Waals surface area contributed by atoms with Gasteiger partial charge in [-0.3, -0.25) is 9.98 Å². The van der Waals surface area contributed by atoms with Crippen LogP contribution in [0.25, 0.3) is 0 Å². The Morgan fingerprint density at radius 1 is 0.548 bits per heavy atom. The minimum absolute atomic E-state index is 0. The summed E-state index contributed by atoms with van der Waals surface area (Å²) < 4.78 is 0. The van der Waals surface area contributed by atoms with Crippen molar-refractivity contribution in [1.82, 2.24) is 0 Å². The summed E-state index contributed by atoms with van der Waals surface area (Å²) >= 11 is 0. The van der Waals surface area contributed by atoms with Gasteiger partial charge in [-0.1, -0.05) is 51.7 Å². The van der Waals surface area contributed by atoms with Crippen molar-refractivity contribution in [3.8, 4) is 0 Å². The van der Waals surface area contributed by atoms with Crippen molar-refractivity contribution in [2.45, 2.75) is 92.9 Å². The summed E-state index contributed by atoms with van der Waals surface area (Å²) in [6.45, 7) is 13.1. The first-order chi connectivity index (χ1) is 14.4. The van der Waals surface area contributed by atoms with Gasteiger partial charge in [-0.2, -0.15) is 0 Å². The number of aliphatic imine (C=N–C) groups is 2. The summed E-state index contributed by atoms with van der Waals surface area (Å²) in [5.74, 6) is 0. The number of unbranched alkanes of at least 4 members (excludes halogenated alkanes) is 4. The van der Waals surface area contributed by atoms with Crippen LogP contribution in [0, 0.1) is 27.7 Å². The molecule has 0 unspecified atom stereocenters. The number of benzene rings is 2. The predicted molar refractivity (Wildman–Crippen MR) is 134 cm³/mol. The maximum Gasteiger partial charge on any atom is 0.0639 e. The van der Waals surface area contributed by atoms with Gasteiger partial charge in [-0.25, -0.2) is 0 Å². The third kappa shape index (κ3) is 9.96. The average molecular weight is 463 g/mol. The number of hydrogen-bond acceptors (Lipinski definition) is 2. The van der Waals surface area contributed by atoms with Crippen molar-refractivity contribution in [3.05, 3.63) is 58.7 Å². The van der Waals surface area contributed by atoms with Gasteiger partial charge >= 0.3 is 0 Å². The topological polar surface area (TPSA) is 24.7 Å². The van der Waals surface area contributed by atoms with E-state index in [2.05, 4.69) is 77.9 Å². The zero-order chi connectivity index (χ0) is 21.9. The van der Waals surface area contributed by atoms with E-state index in [1.165, 1.54) is 60.1 Å². The van der Waals surface area contributed by atoms with Crippen LogP contribution in [0.3, 0.4) is 0 Å². The summed E-state index contributed by atoms with van der Waals surface area (Å²) in [5, 5.41) is 0. The molecule has 0 aliphatic carbocycles. The van der Waals surface area contributed by atoms with E-state index in [9.17, 15) is 0 Å². The molecule has 2 aromatic carbocycles. The number of hydrogen-bond donors (Lipinski definition) is 0. The van der Waals surface area contributed by atoms with Gasteiger partial charge in [0.05, 0.1) is 22.8 Å². The van der Waals surface area contributed by atoms with Crippen LogP contribution in [0.1, 0.15) is 87.5 Å². The molecule has 0 fully saturated rings. The van der Waals surface area contributed by atoms with Crippen molar-refractivity contribution in [2.24, 2.45) is 9.98 Å². The zero-order valence-corrected chi connectivity index (χ0v) is 21.3. The second kappa shape index (κ2) is 14.4. The molecule has 0 N–H and O–H groups in total. The van der Waals surface area contributed by atoms with Gasteiger partial charge in [0.25, 0.3) is 0 Å². The van der Waals surface area contributed by atoms with Crippen LogP contribution in [0.2, 0.25) is 0 Å². The molecule has 2 rings (SSSR count).